The highest BCUT2D eigenvalue weighted by Crippen LogP contribution is 2.45. The van der Waals surface area contributed by atoms with Crippen molar-refractivity contribution in [3.8, 4) is 51.0 Å². The van der Waals surface area contributed by atoms with Crippen molar-refractivity contribution in [1.82, 2.24) is 19.5 Å². The highest BCUT2D eigenvalue weighted by atomic mass is 15.0. The standard InChI is InChI=1S/C48H30N4/c1-3-14-32(15-4-1)46-49-47(33-16-5-2-6-17-33)51-48(50-46)40-21-11-18-34-28-35-29-36(24-25-39(35)43(34)40)52-41-26-22-30-12-7-9-19-37(30)44(41)45-38-20-10-8-13-31(38)23-27-42(45)52/h1-27,29H,28H2. The maximum Gasteiger partial charge on any atom is 0.164 e. The first-order valence-electron chi connectivity index (χ1n) is 17.7. The second-order valence-electron chi connectivity index (χ2n) is 13.6. The first-order valence-corrected chi connectivity index (χ1v) is 17.7. The van der Waals surface area contributed by atoms with Crippen LogP contribution in [0.1, 0.15) is 11.1 Å². The first-order chi connectivity index (χ1) is 25.8. The van der Waals surface area contributed by atoms with E-state index in [4.69, 9.17) is 15.0 Å². The molecule has 4 heteroatoms. The Morgan fingerprint density at radius 3 is 1.58 bits per heavy atom. The molecule has 0 fully saturated rings. The summed E-state index contributed by atoms with van der Waals surface area (Å²) in [6.45, 7) is 0. The van der Waals surface area contributed by atoms with Crippen LogP contribution in [0.2, 0.25) is 0 Å². The van der Waals surface area contributed by atoms with E-state index in [2.05, 4.69) is 138 Å². The van der Waals surface area contributed by atoms with Gasteiger partial charge in [-0.2, -0.15) is 0 Å². The molecule has 0 spiro atoms. The summed E-state index contributed by atoms with van der Waals surface area (Å²) >= 11 is 0. The Labute approximate surface area is 300 Å². The number of rotatable bonds is 4. The van der Waals surface area contributed by atoms with Gasteiger partial charge in [-0.15, -0.1) is 0 Å². The van der Waals surface area contributed by atoms with Crippen LogP contribution in [-0.4, -0.2) is 19.5 Å². The molecule has 10 aromatic rings. The maximum absolute atomic E-state index is 5.10. The largest absolute Gasteiger partial charge is 0.309 e. The van der Waals surface area contributed by atoms with Crippen LogP contribution < -0.4 is 0 Å². The smallest absolute Gasteiger partial charge is 0.164 e. The zero-order chi connectivity index (χ0) is 34.2. The number of benzene rings is 8. The minimum atomic E-state index is 0.669. The fourth-order valence-corrected chi connectivity index (χ4v) is 8.32. The Bertz CT molecular complexity index is 2880. The molecule has 0 unspecified atom stereocenters. The van der Waals surface area contributed by atoms with Crippen molar-refractivity contribution in [2.24, 2.45) is 0 Å². The molecular formula is C48H30N4. The van der Waals surface area contributed by atoms with E-state index in [-0.39, 0.29) is 0 Å². The molecular weight excluding hydrogens is 633 g/mol. The zero-order valence-corrected chi connectivity index (χ0v) is 28.2. The van der Waals surface area contributed by atoms with Gasteiger partial charge in [-0.25, -0.2) is 15.0 Å². The van der Waals surface area contributed by atoms with E-state index in [1.54, 1.807) is 0 Å². The van der Waals surface area contributed by atoms with Gasteiger partial charge in [0, 0.05) is 33.2 Å². The van der Waals surface area contributed by atoms with E-state index in [0.717, 1.165) is 28.8 Å². The van der Waals surface area contributed by atoms with E-state index < -0.39 is 0 Å². The zero-order valence-electron chi connectivity index (χ0n) is 28.2. The molecule has 2 heterocycles. The minimum absolute atomic E-state index is 0.669. The van der Waals surface area contributed by atoms with Crippen LogP contribution in [0.15, 0.2) is 170 Å². The van der Waals surface area contributed by atoms with Crippen molar-refractivity contribution in [2.45, 2.75) is 6.42 Å². The molecule has 1 aliphatic carbocycles. The summed E-state index contributed by atoms with van der Waals surface area (Å²) in [5, 5.41) is 7.66. The summed E-state index contributed by atoms with van der Waals surface area (Å²) in [6.07, 6.45) is 0.845. The topological polar surface area (TPSA) is 43.6 Å². The Kier molecular flexibility index (Phi) is 6.28. The highest BCUT2D eigenvalue weighted by Gasteiger charge is 2.26. The molecule has 0 saturated carbocycles. The third-order valence-electron chi connectivity index (χ3n) is 10.6. The van der Waals surface area contributed by atoms with Crippen molar-refractivity contribution >= 4 is 43.4 Å². The van der Waals surface area contributed by atoms with Crippen molar-refractivity contribution in [3.05, 3.63) is 181 Å². The van der Waals surface area contributed by atoms with E-state index in [0.29, 0.717) is 17.5 Å². The average Bonchev–Trinajstić information content (AvgIpc) is 3.77. The molecule has 0 atom stereocenters. The number of nitrogens with zero attached hydrogens (tertiary/aromatic N) is 4. The number of fused-ring (bicyclic) bond motifs is 10. The van der Waals surface area contributed by atoms with Crippen LogP contribution >= 0.6 is 0 Å². The molecule has 1 aliphatic rings. The van der Waals surface area contributed by atoms with Crippen molar-refractivity contribution in [1.29, 1.82) is 0 Å². The number of aromatic nitrogens is 4. The van der Waals surface area contributed by atoms with Crippen LogP contribution in [-0.2, 0) is 6.42 Å². The predicted octanol–water partition coefficient (Wildman–Crippen LogP) is 11.8. The van der Waals surface area contributed by atoms with Gasteiger partial charge in [0.05, 0.1) is 11.0 Å². The molecule has 0 saturated heterocycles. The van der Waals surface area contributed by atoms with E-state index >= 15 is 0 Å². The van der Waals surface area contributed by atoms with Crippen LogP contribution in [0.25, 0.3) is 94.3 Å². The lowest BCUT2D eigenvalue weighted by molar-refractivity contribution is 1.07. The summed E-state index contributed by atoms with van der Waals surface area (Å²) in [6, 6.07) is 60.5. The van der Waals surface area contributed by atoms with Gasteiger partial charge in [-0.3, -0.25) is 0 Å². The van der Waals surface area contributed by atoms with Gasteiger partial charge < -0.3 is 4.57 Å². The summed E-state index contributed by atoms with van der Waals surface area (Å²) in [5.74, 6) is 2.02. The summed E-state index contributed by atoms with van der Waals surface area (Å²) in [5.41, 5.74) is 11.6. The molecule has 2 aromatic heterocycles. The van der Waals surface area contributed by atoms with Gasteiger partial charge in [0.25, 0.3) is 0 Å². The van der Waals surface area contributed by atoms with E-state index in [1.807, 2.05) is 36.4 Å². The molecule has 242 valence electrons. The molecule has 8 aromatic carbocycles. The Morgan fingerprint density at radius 1 is 0.404 bits per heavy atom. The Hall–Kier alpha value is -6.91. The van der Waals surface area contributed by atoms with Gasteiger partial charge in [-0.1, -0.05) is 146 Å². The van der Waals surface area contributed by atoms with Gasteiger partial charge in [0.2, 0.25) is 0 Å². The highest BCUT2D eigenvalue weighted by molar-refractivity contribution is 6.28. The first kappa shape index (κ1) is 28.9. The molecule has 0 aliphatic heterocycles. The number of hydrogen-bond donors (Lipinski definition) is 0. The maximum atomic E-state index is 5.10. The van der Waals surface area contributed by atoms with Crippen LogP contribution in [0.4, 0.5) is 0 Å². The molecule has 11 rings (SSSR count). The third kappa shape index (κ3) is 4.38. The van der Waals surface area contributed by atoms with Crippen LogP contribution in [0.3, 0.4) is 0 Å². The second-order valence-corrected chi connectivity index (χ2v) is 13.6. The molecule has 4 nitrogen and oxygen atoms in total. The van der Waals surface area contributed by atoms with Gasteiger partial charge >= 0.3 is 0 Å². The SMILES string of the molecule is c1ccc(-c2nc(-c3ccccc3)nc(-c3cccc4c3-c3ccc(-n5c6ccc7ccccc7c6c6c7ccccc7ccc65)cc3C4)n2)cc1. The second kappa shape index (κ2) is 11.3. The molecule has 0 radical (unpaired) electrons. The Balaban J connectivity index is 1.11. The van der Waals surface area contributed by atoms with Crippen LogP contribution in [0, 0.1) is 0 Å². The summed E-state index contributed by atoms with van der Waals surface area (Å²) < 4.78 is 2.46. The van der Waals surface area contributed by atoms with Gasteiger partial charge in [-0.05, 0) is 74.5 Å². The fourth-order valence-electron chi connectivity index (χ4n) is 8.32. The van der Waals surface area contributed by atoms with Gasteiger partial charge in [0.1, 0.15) is 0 Å². The van der Waals surface area contributed by atoms with Crippen molar-refractivity contribution < 1.29 is 0 Å². The van der Waals surface area contributed by atoms with Crippen molar-refractivity contribution in [3.63, 3.8) is 0 Å². The quantitative estimate of drug-likeness (QED) is 0.188. The lowest BCUT2D eigenvalue weighted by Gasteiger charge is -2.13. The molecule has 0 amide bonds. The third-order valence-corrected chi connectivity index (χ3v) is 10.6. The Morgan fingerprint density at radius 2 is 0.962 bits per heavy atom. The molecule has 52 heavy (non-hydrogen) atoms. The monoisotopic (exact) mass is 662 g/mol. The van der Waals surface area contributed by atoms with E-state index in [1.165, 1.54) is 65.6 Å². The minimum Gasteiger partial charge on any atom is -0.309 e. The fraction of sp³-hybridized carbons (Fsp3) is 0.0208. The molecule has 0 bridgehead atoms. The summed E-state index contributed by atoms with van der Waals surface area (Å²) in [4.78, 5) is 15.1. The lowest BCUT2D eigenvalue weighted by atomic mass is 9.98. The number of hydrogen-bond acceptors (Lipinski definition) is 3. The van der Waals surface area contributed by atoms with Crippen molar-refractivity contribution in [2.75, 3.05) is 0 Å². The van der Waals surface area contributed by atoms with Crippen LogP contribution in [0.5, 0.6) is 0 Å². The van der Waals surface area contributed by atoms with Gasteiger partial charge in [0.15, 0.2) is 17.5 Å². The predicted molar refractivity (Wildman–Crippen MR) is 214 cm³/mol. The molecule has 0 N–H and O–H groups in total. The average molecular weight is 663 g/mol. The lowest BCUT2D eigenvalue weighted by Crippen LogP contribution is -2.01. The summed E-state index contributed by atoms with van der Waals surface area (Å²) in [7, 11) is 0. The van der Waals surface area contributed by atoms with E-state index in [9.17, 15) is 0 Å². The normalized spacial score (nSPS) is 12.2.